The minimum Gasteiger partial charge on any atom is -0.455 e. The maximum Gasteiger partial charge on any atom is 0.502 e. The van der Waals surface area contributed by atoms with Gasteiger partial charge < -0.3 is 4.74 Å². The van der Waals surface area contributed by atoms with Gasteiger partial charge in [0, 0.05) is 5.56 Å². The summed E-state index contributed by atoms with van der Waals surface area (Å²) in [7, 11) is -5.50. The third kappa shape index (κ3) is 4.05. The molecule has 0 bridgehead atoms. The lowest BCUT2D eigenvalue weighted by atomic mass is 10.2. The molecule has 2 aromatic carbocycles. The van der Waals surface area contributed by atoms with E-state index in [1.165, 1.54) is 24.3 Å². The van der Waals surface area contributed by atoms with E-state index < -0.39 is 18.3 Å². The highest BCUT2D eigenvalue weighted by molar-refractivity contribution is 14.1. The van der Waals surface area contributed by atoms with Crippen LogP contribution >= 0.6 is 22.6 Å². The molecule has 0 amide bonds. The van der Waals surface area contributed by atoms with Gasteiger partial charge in [0.2, 0.25) is 0 Å². The smallest absolute Gasteiger partial charge is 0.455 e. The van der Waals surface area contributed by atoms with Crippen LogP contribution in [-0.4, -0.2) is 13.9 Å². The van der Waals surface area contributed by atoms with E-state index in [0.29, 0.717) is 0 Å². The van der Waals surface area contributed by atoms with Crippen LogP contribution in [0.5, 0.6) is 5.75 Å². The lowest BCUT2D eigenvalue weighted by Crippen LogP contribution is -2.24. The Balaban J connectivity index is 2.61. The van der Waals surface area contributed by atoms with Gasteiger partial charge in [-0.1, -0.05) is 48.5 Å². The third-order valence-electron chi connectivity index (χ3n) is 2.72. The number of alkyl halides is 3. The number of halogens is 4. The predicted molar refractivity (Wildman–Crippen MR) is 89.4 cm³/mol. The van der Waals surface area contributed by atoms with E-state index in [9.17, 15) is 21.6 Å². The molecule has 0 aromatic heterocycles. The summed E-state index contributed by atoms with van der Waals surface area (Å²) in [5.74, 6) is -0.132. The van der Waals surface area contributed by atoms with Crippen molar-refractivity contribution in [3.8, 4) is 5.75 Å². The molecule has 0 atom stereocenters. The number of ether oxygens (including phenoxy) is 1. The Morgan fingerprint density at radius 3 is 1.87 bits per heavy atom. The van der Waals surface area contributed by atoms with E-state index in [2.05, 4.69) is 0 Å². The molecule has 3 nitrogen and oxygen atoms in total. The second-order valence-electron chi connectivity index (χ2n) is 4.33. The van der Waals surface area contributed by atoms with Crippen molar-refractivity contribution in [1.82, 2.24) is 0 Å². The van der Waals surface area contributed by atoms with Crippen molar-refractivity contribution in [1.29, 1.82) is 0 Å². The van der Waals surface area contributed by atoms with Crippen molar-refractivity contribution in [3.05, 3.63) is 69.1 Å². The molecule has 0 fully saturated rings. The summed E-state index contributed by atoms with van der Waals surface area (Å²) in [5.41, 5.74) is -5.17. The van der Waals surface area contributed by atoms with E-state index in [0.717, 1.165) is 22.6 Å². The van der Waals surface area contributed by atoms with Crippen LogP contribution in [-0.2, 0) is 9.84 Å². The van der Waals surface area contributed by atoms with Crippen molar-refractivity contribution < 1.29 is 26.3 Å². The molecule has 0 N–H and O–H groups in total. The van der Waals surface area contributed by atoms with E-state index in [1.54, 1.807) is 36.4 Å². The SMILES string of the molecule is O=S(=O)(/C(I)=C(\Oc1ccccc1)c1ccccc1)C(F)(F)F. The molecular formula is C15H10F3IO3S. The molecule has 23 heavy (non-hydrogen) atoms. The minimum absolute atomic E-state index is 0.230. The molecule has 0 aliphatic heterocycles. The van der Waals surface area contributed by atoms with E-state index >= 15 is 0 Å². The summed E-state index contributed by atoms with van der Waals surface area (Å²) < 4.78 is 66.3. The Morgan fingerprint density at radius 1 is 0.913 bits per heavy atom. The van der Waals surface area contributed by atoms with Crippen LogP contribution in [0.2, 0.25) is 0 Å². The Kier molecular flexibility index (Phi) is 5.35. The topological polar surface area (TPSA) is 43.4 Å². The molecule has 0 unspecified atom stereocenters. The molecule has 2 rings (SSSR count). The van der Waals surface area contributed by atoms with Crippen molar-refractivity contribution in [2.45, 2.75) is 5.51 Å². The van der Waals surface area contributed by atoms with Crippen LogP contribution in [0, 0.1) is 0 Å². The standard InChI is InChI=1S/C15H10F3IO3S/c16-15(17,18)23(20,21)14(19)13(11-7-3-1-4-8-11)22-12-9-5-2-6-10-12/h1-10H/b14-13-. The number of rotatable bonds is 4. The summed E-state index contributed by atoms with van der Waals surface area (Å²) in [6.07, 6.45) is 0. The summed E-state index contributed by atoms with van der Waals surface area (Å²) in [5, 5.41) is 0. The molecule has 0 spiro atoms. The normalized spacial score (nSPS) is 13.4. The van der Waals surface area contributed by atoms with Crippen LogP contribution in [0.1, 0.15) is 5.56 Å². The van der Waals surface area contributed by atoms with Gasteiger partial charge in [-0.2, -0.15) is 13.2 Å². The molecule has 122 valence electrons. The summed E-state index contributed by atoms with van der Waals surface area (Å²) in [6, 6.07) is 15.8. The Labute approximate surface area is 144 Å². The van der Waals surface area contributed by atoms with Crippen LogP contribution in [0.3, 0.4) is 0 Å². The second kappa shape index (κ2) is 6.91. The first-order chi connectivity index (χ1) is 10.7. The number of hydrogen-bond donors (Lipinski definition) is 0. The Morgan fingerprint density at radius 2 is 1.39 bits per heavy atom. The molecule has 0 radical (unpaired) electrons. The Bertz CT molecular complexity index is 801. The fraction of sp³-hybridized carbons (Fsp3) is 0.0667. The van der Waals surface area contributed by atoms with E-state index in [4.69, 9.17) is 4.74 Å². The van der Waals surface area contributed by atoms with Gasteiger partial charge >= 0.3 is 5.51 Å². The Hall–Kier alpha value is -1.55. The monoisotopic (exact) mass is 454 g/mol. The van der Waals surface area contributed by atoms with E-state index in [-0.39, 0.29) is 17.1 Å². The van der Waals surface area contributed by atoms with Gasteiger partial charge in [-0.25, -0.2) is 8.42 Å². The molecule has 0 aliphatic carbocycles. The zero-order valence-corrected chi connectivity index (χ0v) is 14.4. The maximum absolute atomic E-state index is 12.8. The fourth-order valence-corrected chi connectivity index (χ4v) is 3.41. The largest absolute Gasteiger partial charge is 0.502 e. The molecule has 8 heteroatoms. The van der Waals surface area contributed by atoms with Gasteiger partial charge in [0.05, 0.1) is 0 Å². The summed E-state index contributed by atoms with van der Waals surface area (Å²) in [4.78, 5) is 0. The molecular weight excluding hydrogens is 444 g/mol. The number of hydrogen-bond acceptors (Lipinski definition) is 3. The highest BCUT2D eigenvalue weighted by atomic mass is 127. The van der Waals surface area contributed by atoms with Crippen LogP contribution in [0.4, 0.5) is 13.2 Å². The van der Waals surface area contributed by atoms with Crippen molar-refractivity contribution in [2.75, 3.05) is 0 Å². The van der Waals surface area contributed by atoms with Crippen molar-refractivity contribution >= 4 is 38.2 Å². The molecule has 0 aliphatic rings. The van der Waals surface area contributed by atoms with Crippen molar-refractivity contribution in [2.24, 2.45) is 0 Å². The second-order valence-corrected chi connectivity index (χ2v) is 8.02. The lowest BCUT2D eigenvalue weighted by molar-refractivity contribution is -0.0424. The van der Waals surface area contributed by atoms with E-state index in [1.807, 2.05) is 0 Å². The zero-order chi connectivity index (χ0) is 17.1. The average molecular weight is 454 g/mol. The fourth-order valence-electron chi connectivity index (χ4n) is 1.63. The average Bonchev–Trinajstić information content (AvgIpc) is 2.52. The van der Waals surface area contributed by atoms with Gasteiger partial charge in [0.25, 0.3) is 9.84 Å². The summed E-state index contributed by atoms with van der Waals surface area (Å²) >= 11 is 1.15. The number of sulfone groups is 1. The quantitative estimate of drug-likeness (QED) is 0.495. The van der Waals surface area contributed by atoms with Gasteiger partial charge in [-0.05, 0) is 34.7 Å². The molecule has 2 aromatic rings. The molecule has 0 saturated carbocycles. The van der Waals surface area contributed by atoms with Gasteiger partial charge in [0.15, 0.2) is 8.67 Å². The van der Waals surface area contributed by atoms with Crippen LogP contribution in [0.15, 0.2) is 63.6 Å². The number of para-hydroxylation sites is 1. The number of benzene rings is 2. The zero-order valence-electron chi connectivity index (χ0n) is 11.4. The van der Waals surface area contributed by atoms with Crippen molar-refractivity contribution in [3.63, 3.8) is 0 Å². The first-order valence-electron chi connectivity index (χ1n) is 6.23. The maximum atomic E-state index is 12.8. The van der Waals surface area contributed by atoms with Crippen LogP contribution < -0.4 is 4.74 Å². The van der Waals surface area contributed by atoms with Gasteiger partial charge in [-0.15, -0.1) is 0 Å². The lowest BCUT2D eigenvalue weighted by Gasteiger charge is -2.14. The third-order valence-corrected chi connectivity index (χ3v) is 6.21. The van der Waals surface area contributed by atoms with Gasteiger partial charge in [0.1, 0.15) is 5.75 Å². The predicted octanol–water partition coefficient (Wildman–Crippen LogP) is 4.76. The first-order valence-corrected chi connectivity index (χ1v) is 8.79. The first kappa shape index (κ1) is 17.8. The van der Waals surface area contributed by atoms with Crippen LogP contribution in [0.25, 0.3) is 5.76 Å². The highest BCUT2D eigenvalue weighted by Gasteiger charge is 2.49. The molecule has 0 heterocycles. The van der Waals surface area contributed by atoms with Gasteiger partial charge in [-0.3, -0.25) is 0 Å². The highest BCUT2D eigenvalue weighted by Crippen LogP contribution is 2.38. The molecule has 0 saturated heterocycles. The minimum atomic E-state index is -5.50. The summed E-state index contributed by atoms with van der Waals surface area (Å²) in [6.45, 7) is 0.